The van der Waals surface area contributed by atoms with Gasteiger partial charge in [0.2, 0.25) is 0 Å². The molecule has 82 heavy (non-hydrogen) atoms. The van der Waals surface area contributed by atoms with E-state index in [1.807, 2.05) is 36.4 Å². The fourth-order valence-electron chi connectivity index (χ4n) is 12.9. The molecular weight excluding hydrogens is 999 g/mol. The number of benzene rings is 12. The van der Waals surface area contributed by atoms with Crippen molar-refractivity contribution in [1.82, 2.24) is 33.2 Å². The molecule has 382 valence electrons. The Bertz CT molecular complexity index is 5230. The first-order valence-electron chi connectivity index (χ1n) is 27.8. The lowest BCUT2D eigenvalue weighted by atomic mass is 10.0. The van der Waals surface area contributed by atoms with E-state index < -0.39 is 0 Å². The maximum Gasteiger partial charge on any atom is 0.164 e. The van der Waals surface area contributed by atoms with Crippen LogP contribution >= 0.6 is 0 Å². The number of para-hydroxylation sites is 5. The van der Waals surface area contributed by atoms with Crippen LogP contribution in [0.4, 0.5) is 0 Å². The number of hydrogen-bond donors (Lipinski definition) is 0. The zero-order valence-corrected chi connectivity index (χ0v) is 44.3. The molecule has 0 saturated carbocycles. The van der Waals surface area contributed by atoms with Crippen molar-refractivity contribution < 1.29 is 0 Å². The highest BCUT2D eigenvalue weighted by Gasteiger charge is 2.23. The summed E-state index contributed by atoms with van der Waals surface area (Å²) in [6.45, 7) is 0. The van der Waals surface area contributed by atoms with Crippen LogP contribution in [0.2, 0.25) is 0 Å². The molecule has 0 radical (unpaired) electrons. The first-order chi connectivity index (χ1) is 40.7. The van der Waals surface area contributed by atoms with E-state index in [4.69, 9.17) is 15.0 Å². The predicted molar refractivity (Wildman–Crippen MR) is 339 cm³/mol. The van der Waals surface area contributed by atoms with Crippen molar-refractivity contribution in [3.05, 3.63) is 285 Å². The SMILES string of the molecule is c1ccc(-c2ccc3c(c2)c2ccc(-n4c5ccccc5c5ccccc54)cc2n3-c2cc(-c3nc(-c4ccccc4)nc(-c4ccccc4)n3)cc(-n3c4ccccc4c4ccc(-n5c6ccccc6c6ccccc65)cc43)c2)cc1. The molecule has 0 amide bonds. The van der Waals surface area contributed by atoms with Gasteiger partial charge in [0.25, 0.3) is 0 Å². The van der Waals surface area contributed by atoms with Gasteiger partial charge in [0, 0.05) is 82.5 Å². The van der Waals surface area contributed by atoms with Gasteiger partial charge in [-0.15, -0.1) is 0 Å². The smallest absolute Gasteiger partial charge is 0.164 e. The predicted octanol–water partition coefficient (Wildman–Crippen LogP) is 18.9. The number of rotatable bonds is 8. The molecule has 0 aliphatic rings. The second-order valence-corrected chi connectivity index (χ2v) is 21.2. The van der Waals surface area contributed by atoms with Crippen LogP contribution in [0.15, 0.2) is 285 Å². The fourth-order valence-corrected chi connectivity index (χ4v) is 12.9. The molecule has 0 unspecified atom stereocenters. The van der Waals surface area contributed by atoms with E-state index in [1.54, 1.807) is 0 Å². The van der Waals surface area contributed by atoms with Crippen LogP contribution in [-0.2, 0) is 0 Å². The highest BCUT2D eigenvalue weighted by Crippen LogP contribution is 2.42. The second kappa shape index (κ2) is 18.2. The van der Waals surface area contributed by atoms with E-state index in [9.17, 15) is 0 Å². The van der Waals surface area contributed by atoms with E-state index in [-0.39, 0.29) is 0 Å². The van der Waals surface area contributed by atoms with Crippen LogP contribution in [-0.4, -0.2) is 33.2 Å². The molecule has 0 spiro atoms. The van der Waals surface area contributed by atoms with Crippen LogP contribution in [0.1, 0.15) is 0 Å². The van der Waals surface area contributed by atoms with Gasteiger partial charge >= 0.3 is 0 Å². The molecule has 0 fully saturated rings. The van der Waals surface area contributed by atoms with Crippen molar-refractivity contribution in [1.29, 1.82) is 0 Å². The molecular formula is C75H47N7. The summed E-state index contributed by atoms with van der Waals surface area (Å²) in [4.78, 5) is 16.0. The molecule has 0 aliphatic carbocycles. The lowest BCUT2D eigenvalue weighted by Crippen LogP contribution is -2.04. The van der Waals surface area contributed by atoms with Gasteiger partial charge in [-0.1, -0.05) is 200 Å². The maximum absolute atomic E-state index is 5.40. The first-order valence-corrected chi connectivity index (χ1v) is 27.8. The van der Waals surface area contributed by atoms with Gasteiger partial charge in [-0.3, -0.25) is 0 Å². The highest BCUT2D eigenvalue weighted by atomic mass is 15.1. The monoisotopic (exact) mass is 1050 g/mol. The quantitative estimate of drug-likeness (QED) is 0.152. The molecule has 0 atom stereocenters. The lowest BCUT2D eigenvalue weighted by Gasteiger charge is -2.17. The summed E-state index contributed by atoms with van der Waals surface area (Å²) in [5.41, 5.74) is 18.1. The van der Waals surface area contributed by atoms with Crippen LogP contribution in [0, 0.1) is 0 Å². The van der Waals surface area contributed by atoms with E-state index in [2.05, 4.69) is 267 Å². The van der Waals surface area contributed by atoms with Gasteiger partial charge < -0.3 is 18.3 Å². The molecule has 5 aromatic heterocycles. The molecule has 0 N–H and O–H groups in total. The minimum Gasteiger partial charge on any atom is -0.309 e. The average molecular weight is 1050 g/mol. The Morgan fingerprint density at radius 3 is 0.902 bits per heavy atom. The van der Waals surface area contributed by atoms with Crippen LogP contribution in [0.5, 0.6) is 0 Å². The minimum absolute atomic E-state index is 0.570. The molecule has 0 saturated heterocycles. The number of hydrogen-bond acceptors (Lipinski definition) is 3. The normalized spacial score (nSPS) is 11.9. The van der Waals surface area contributed by atoms with Gasteiger partial charge in [0.05, 0.1) is 44.1 Å². The molecule has 0 bridgehead atoms. The lowest BCUT2D eigenvalue weighted by molar-refractivity contribution is 1.07. The summed E-state index contributed by atoms with van der Waals surface area (Å²) in [6, 6.07) is 103. The van der Waals surface area contributed by atoms with Crippen LogP contribution in [0.25, 0.3) is 155 Å². The highest BCUT2D eigenvalue weighted by molar-refractivity contribution is 6.14. The summed E-state index contributed by atoms with van der Waals surface area (Å²) in [5.74, 6) is 1.77. The van der Waals surface area contributed by atoms with Gasteiger partial charge in [0.15, 0.2) is 17.5 Å². The zero-order valence-electron chi connectivity index (χ0n) is 44.3. The van der Waals surface area contributed by atoms with E-state index >= 15 is 0 Å². The third-order valence-corrected chi connectivity index (χ3v) is 16.6. The van der Waals surface area contributed by atoms with Gasteiger partial charge in [-0.2, -0.15) is 0 Å². The average Bonchev–Trinajstić information content (AvgIpc) is 4.07. The zero-order chi connectivity index (χ0) is 53.8. The molecule has 7 heteroatoms. The minimum atomic E-state index is 0.570. The van der Waals surface area contributed by atoms with E-state index in [1.165, 1.54) is 27.1 Å². The second-order valence-electron chi connectivity index (χ2n) is 21.2. The van der Waals surface area contributed by atoms with Crippen molar-refractivity contribution in [2.75, 3.05) is 0 Å². The Hall–Kier alpha value is -11.2. The van der Waals surface area contributed by atoms with Crippen LogP contribution in [0.3, 0.4) is 0 Å². The van der Waals surface area contributed by atoms with Crippen molar-refractivity contribution >= 4 is 87.2 Å². The Balaban J connectivity index is 0.984. The fraction of sp³-hybridized carbons (Fsp3) is 0. The number of aromatic nitrogens is 7. The van der Waals surface area contributed by atoms with Crippen molar-refractivity contribution in [3.63, 3.8) is 0 Å². The first kappa shape index (κ1) is 45.8. The van der Waals surface area contributed by atoms with Gasteiger partial charge in [0.1, 0.15) is 0 Å². The van der Waals surface area contributed by atoms with Crippen molar-refractivity contribution in [2.45, 2.75) is 0 Å². The number of fused-ring (bicyclic) bond motifs is 12. The molecule has 5 heterocycles. The molecule has 0 aliphatic heterocycles. The molecule has 17 rings (SSSR count). The van der Waals surface area contributed by atoms with Crippen molar-refractivity contribution in [2.24, 2.45) is 0 Å². The Labute approximate surface area is 471 Å². The third-order valence-electron chi connectivity index (χ3n) is 16.6. The summed E-state index contributed by atoms with van der Waals surface area (Å²) in [6.07, 6.45) is 0. The van der Waals surface area contributed by atoms with E-state index in [0.29, 0.717) is 17.5 Å². The molecule has 7 nitrogen and oxygen atoms in total. The topological polar surface area (TPSA) is 58.4 Å². The third kappa shape index (κ3) is 7.13. The Morgan fingerprint density at radius 1 is 0.171 bits per heavy atom. The number of nitrogens with zero attached hydrogens (tertiary/aromatic N) is 7. The summed E-state index contributed by atoms with van der Waals surface area (Å²) >= 11 is 0. The molecule has 12 aromatic carbocycles. The van der Waals surface area contributed by atoms with Gasteiger partial charge in [-0.05, 0) is 96.1 Å². The Morgan fingerprint density at radius 2 is 0.488 bits per heavy atom. The standard InChI is InChI=1S/C75H47N7/c1-4-20-48(21-5-1)51-36-41-70-64(44-51)63-40-38-54(80-67-33-17-12-28-59(67)60-29-13-18-34-68(60)80)47-72(63)82(70)56-43-52(75-77-73(49-22-6-2-7-23-49)76-74(78-75)50-24-8-3-9-25-50)42-55(45-56)81-69-35-19-14-30-61(69)62-39-37-53(46-71(62)81)79-65-31-15-10-26-57(65)58-27-11-16-32-66(58)79/h1-47H. The largest absolute Gasteiger partial charge is 0.309 e. The summed E-state index contributed by atoms with van der Waals surface area (Å²) < 4.78 is 9.72. The maximum atomic E-state index is 5.40. The van der Waals surface area contributed by atoms with E-state index in [0.717, 1.165) is 111 Å². The van der Waals surface area contributed by atoms with Gasteiger partial charge in [-0.25, -0.2) is 15.0 Å². The summed E-state index contributed by atoms with van der Waals surface area (Å²) in [7, 11) is 0. The Kier molecular flexibility index (Phi) is 10.2. The molecule has 17 aromatic rings. The summed E-state index contributed by atoms with van der Waals surface area (Å²) in [5, 5.41) is 9.51. The van der Waals surface area contributed by atoms with Crippen molar-refractivity contribution in [3.8, 4) is 68.0 Å². The van der Waals surface area contributed by atoms with Crippen LogP contribution < -0.4 is 0 Å².